The maximum atomic E-state index is 12.8. The number of rotatable bonds is 8. The van der Waals surface area contributed by atoms with Crippen LogP contribution >= 0.6 is 0 Å². The number of hydrogen-bond acceptors (Lipinski definition) is 7. The van der Waals surface area contributed by atoms with Crippen LogP contribution in [0.15, 0.2) is 54.6 Å². The zero-order valence-electron chi connectivity index (χ0n) is 17.5. The Labute approximate surface area is 182 Å². The number of aromatic nitrogens is 4. The maximum Gasteiger partial charge on any atom is 0.218 e. The first kappa shape index (κ1) is 21.4. The molecule has 0 atom stereocenters. The van der Waals surface area contributed by atoms with Crippen LogP contribution in [0.1, 0.15) is 18.3 Å². The van der Waals surface area contributed by atoms with Crippen LogP contribution < -0.4 is 4.74 Å². The lowest BCUT2D eigenvalue weighted by atomic mass is 10.2. The summed E-state index contributed by atoms with van der Waals surface area (Å²) in [4.78, 5) is 2.17. The van der Waals surface area contributed by atoms with E-state index in [-0.39, 0.29) is 5.75 Å². The van der Waals surface area contributed by atoms with Gasteiger partial charge in [-0.05, 0) is 47.2 Å². The molecule has 1 fully saturated rings. The molecule has 0 unspecified atom stereocenters. The number of nitrogens with zero attached hydrogens (tertiary/aromatic N) is 6. The predicted molar refractivity (Wildman–Crippen MR) is 116 cm³/mol. The molecule has 0 bridgehead atoms. The van der Waals surface area contributed by atoms with Crippen LogP contribution in [-0.2, 0) is 22.3 Å². The summed E-state index contributed by atoms with van der Waals surface area (Å²) in [6.07, 6.45) is 0. The van der Waals surface area contributed by atoms with E-state index in [9.17, 15) is 8.42 Å². The molecule has 2 heterocycles. The summed E-state index contributed by atoms with van der Waals surface area (Å²) >= 11 is 0. The summed E-state index contributed by atoms with van der Waals surface area (Å²) in [6.45, 7) is 5.28. The minimum atomic E-state index is -3.33. The molecule has 31 heavy (non-hydrogen) atoms. The molecule has 3 aromatic rings. The van der Waals surface area contributed by atoms with Gasteiger partial charge < -0.3 is 4.74 Å². The number of ether oxygens (including phenoxy) is 1. The summed E-state index contributed by atoms with van der Waals surface area (Å²) in [7, 11) is -3.33. The SMILES string of the molecule is CCOc1ccc(-n2nnnc2CN2CCN(S(=O)(=O)Cc3ccccc3)CC2)cc1. The van der Waals surface area contributed by atoms with Crippen molar-refractivity contribution in [1.29, 1.82) is 0 Å². The third-order valence-corrected chi connectivity index (χ3v) is 7.06. The number of hydrogen-bond donors (Lipinski definition) is 0. The van der Waals surface area contributed by atoms with Gasteiger partial charge in [-0.15, -0.1) is 5.10 Å². The van der Waals surface area contributed by atoms with Gasteiger partial charge in [-0.25, -0.2) is 8.42 Å². The largest absolute Gasteiger partial charge is 0.494 e. The highest BCUT2D eigenvalue weighted by Gasteiger charge is 2.27. The topological polar surface area (TPSA) is 93.4 Å². The molecule has 9 nitrogen and oxygen atoms in total. The highest BCUT2D eigenvalue weighted by atomic mass is 32.2. The second-order valence-electron chi connectivity index (χ2n) is 7.35. The van der Waals surface area contributed by atoms with Crippen LogP contribution in [0.3, 0.4) is 0 Å². The van der Waals surface area contributed by atoms with E-state index in [0.717, 1.165) is 17.0 Å². The molecule has 0 amide bonds. The van der Waals surface area contributed by atoms with E-state index in [4.69, 9.17) is 4.74 Å². The van der Waals surface area contributed by atoms with E-state index in [1.807, 2.05) is 61.5 Å². The molecule has 2 aromatic carbocycles. The van der Waals surface area contributed by atoms with Crippen molar-refractivity contribution in [3.8, 4) is 11.4 Å². The highest BCUT2D eigenvalue weighted by molar-refractivity contribution is 7.88. The van der Waals surface area contributed by atoms with E-state index < -0.39 is 10.0 Å². The van der Waals surface area contributed by atoms with Crippen molar-refractivity contribution < 1.29 is 13.2 Å². The lowest BCUT2D eigenvalue weighted by Gasteiger charge is -2.33. The number of sulfonamides is 1. The molecule has 10 heteroatoms. The molecule has 1 aromatic heterocycles. The second-order valence-corrected chi connectivity index (χ2v) is 9.32. The number of tetrazole rings is 1. The summed E-state index contributed by atoms with van der Waals surface area (Å²) < 4.78 is 34.3. The molecular weight excluding hydrogens is 416 g/mol. The predicted octanol–water partition coefficient (Wildman–Crippen LogP) is 1.71. The van der Waals surface area contributed by atoms with Gasteiger partial charge in [0, 0.05) is 26.2 Å². The van der Waals surface area contributed by atoms with Crippen molar-refractivity contribution >= 4 is 10.0 Å². The Morgan fingerprint density at radius 1 is 0.968 bits per heavy atom. The van der Waals surface area contributed by atoms with Crippen LogP contribution in [0, 0.1) is 0 Å². The fourth-order valence-corrected chi connectivity index (χ4v) is 5.11. The minimum absolute atomic E-state index is 0.0316. The average Bonchev–Trinajstić information content (AvgIpc) is 3.23. The third kappa shape index (κ3) is 5.27. The van der Waals surface area contributed by atoms with Gasteiger partial charge in [0.05, 0.1) is 24.6 Å². The molecule has 1 saturated heterocycles. The Balaban J connectivity index is 1.36. The monoisotopic (exact) mass is 442 g/mol. The summed E-state index contributed by atoms with van der Waals surface area (Å²) in [5, 5.41) is 12.1. The first-order valence-corrected chi connectivity index (χ1v) is 11.9. The van der Waals surface area contributed by atoms with Crippen molar-refractivity contribution in [2.75, 3.05) is 32.8 Å². The van der Waals surface area contributed by atoms with Gasteiger partial charge in [0.2, 0.25) is 10.0 Å². The smallest absolute Gasteiger partial charge is 0.218 e. The minimum Gasteiger partial charge on any atom is -0.494 e. The summed E-state index contributed by atoms with van der Waals surface area (Å²) in [5.41, 5.74) is 1.66. The lowest BCUT2D eigenvalue weighted by molar-refractivity contribution is 0.177. The van der Waals surface area contributed by atoms with Crippen LogP contribution in [-0.4, -0.2) is 70.6 Å². The fourth-order valence-electron chi connectivity index (χ4n) is 3.60. The highest BCUT2D eigenvalue weighted by Crippen LogP contribution is 2.18. The van der Waals surface area contributed by atoms with Crippen molar-refractivity contribution in [2.24, 2.45) is 0 Å². The Morgan fingerprint density at radius 2 is 1.68 bits per heavy atom. The zero-order valence-corrected chi connectivity index (χ0v) is 18.3. The molecule has 0 radical (unpaired) electrons. The van der Waals surface area contributed by atoms with Gasteiger partial charge in [0.25, 0.3) is 0 Å². The van der Waals surface area contributed by atoms with E-state index in [0.29, 0.717) is 45.2 Å². The molecule has 164 valence electrons. The summed E-state index contributed by atoms with van der Waals surface area (Å²) in [6, 6.07) is 16.9. The molecular formula is C21H26N6O3S. The van der Waals surface area contributed by atoms with Crippen LogP contribution in [0.2, 0.25) is 0 Å². The van der Waals surface area contributed by atoms with Gasteiger partial charge in [0.15, 0.2) is 5.82 Å². The van der Waals surface area contributed by atoms with Crippen molar-refractivity contribution in [3.05, 3.63) is 66.0 Å². The lowest BCUT2D eigenvalue weighted by Crippen LogP contribution is -2.48. The van der Waals surface area contributed by atoms with Gasteiger partial charge in [-0.3, -0.25) is 4.90 Å². The number of benzene rings is 2. The molecule has 0 N–H and O–H groups in total. The number of piperazine rings is 1. The average molecular weight is 443 g/mol. The second kappa shape index (κ2) is 9.54. The first-order chi connectivity index (χ1) is 15.0. The molecule has 1 aliphatic heterocycles. The van der Waals surface area contributed by atoms with Crippen molar-refractivity contribution in [1.82, 2.24) is 29.4 Å². The van der Waals surface area contributed by atoms with Crippen LogP contribution in [0.5, 0.6) is 5.75 Å². The Hall–Kier alpha value is -2.82. The Bertz CT molecular complexity index is 1080. The van der Waals surface area contributed by atoms with Crippen LogP contribution in [0.4, 0.5) is 0 Å². The molecule has 0 aliphatic carbocycles. The van der Waals surface area contributed by atoms with Gasteiger partial charge in [-0.2, -0.15) is 8.99 Å². The Morgan fingerprint density at radius 3 is 2.35 bits per heavy atom. The summed E-state index contributed by atoms with van der Waals surface area (Å²) in [5.74, 6) is 1.54. The van der Waals surface area contributed by atoms with Gasteiger partial charge >= 0.3 is 0 Å². The normalized spacial score (nSPS) is 15.8. The van der Waals surface area contributed by atoms with E-state index in [1.54, 1.807) is 8.99 Å². The quantitative estimate of drug-likeness (QED) is 0.524. The molecule has 1 aliphatic rings. The maximum absolute atomic E-state index is 12.8. The third-order valence-electron chi connectivity index (χ3n) is 5.21. The fraction of sp³-hybridized carbons (Fsp3) is 0.381. The van der Waals surface area contributed by atoms with Gasteiger partial charge in [0.1, 0.15) is 5.75 Å². The zero-order chi connectivity index (χ0) is 21.7. The van der Waals surface area contributed by atoms with E-state index >= 15 is 0 Å². The molecule has 0 saturated carbocycles. The van der Waals surface area contributed by atoms with Crippen molar-refractivity contribution in [2.45, 2.75) is 19.2 Å². The van der Waals surface area contributed by atoms with E-state index in [2.05, 4.69) is 20.4 Å². The van der Waals surface area contributed by atoms with Gasteiger partial charge in [-0.1, -0.05) is 30.3 Å². The first-order valence-electron chi connectivity index (χ1n) is 10.3. The standard InChI is InChI=1S/C21H26N6O3S/c1-2-30-20-10-8-19(9-11-20)27-21(22-23-24-27)16-25-12-14-26(15-13-25)31(28,29)17-18-6-4-3-5-7-18/h3-11H,2,12-17H2,1H3. The molecule has 4 rings (SSSR count). The molecule has 0 spiro atoms. The van der Waals surface area contributed by atoms with Crippen molar-refractivity contribution in [3.63, 3.8) is 0 Å². The van der Waals surface area contributed by atoms with Crippen LogP contribution in [0.25, 0.3) is 5.69 Å². The Kier molecular flexibility index (Phi) is 6.59. The van der Waals surface area contributed by atoms with E-state index in [1.165, 1.54) is 0 Å².